The number of hydrogen-bond donors (Lipinski definition) is 0. The SMILES string of the molecule is CCS(=O)(=O)c1cc(-c2ccc(OC(F)(F)C(F)F)cc2)cnc1-n1nnc2ccc(C(F)(F)F)cc2c1=O. The van der Waals surface area contributed by atoms with E-state index >= 15 is 0 Å². The number of aromatic nitrogens is 4. The van der Waals surface area contributed by atoms with Crippen molar-refractivity contribution in [2.45, 2.75) is 30.5 Å². The summed E-state index contributed by atoms with van der Waals surface area (Å²) >= 11 is 0. The first-order valence-corrected chi connectivity index (χ1v) is 12.4. The molecule has 206 valence electrons. The van der Waals surface area contributed by atoms with Crippen molar-refractivity contribution in [2.75, 3.05) is 5.75 Å². The van der Waals surface area contributed by atoms with Crippen molar-refractivity contribution in [3.8, 4) is 22.7 Å². The Morgan fingerprint density at radius 1 is 0.974 bits per heavy atom. The Morgan fingerprint density at radius 2 is 1.64 bits per heavy atom. The maximum atomic E-state index is 13.2. The zero-order valence-electron chi connectivity index (χ0n) is 19.5. The third kappa shape index (κ3) is 5.55. The van der Waals surface area contributed by atoms with E-state index in [1.165, 1.54) is 19.1 Å². The molecule has 0 radical (unpaired) electrons. The van der Waals surface area contributed by atoms with Gasteiger partial charge in [0.15, 0.2) is 15.7 Å². The summed E-state index contributed by atoms with van der Waals surface area (Å²) in [6.07, 6.45) is -12.5. The molecular weight excluding hydrogens is 561 g/mol. The van der Waals surface area contributed by atoms with E-state index < -0.39 is 67.3 Å². The van der Waals surface area contributed by atoms with Gasteiger partial charge in [-0.15, -0.1) is 5.10 Å². The fourth-order valence-corrected chi connectivity index (χ4v) is 4.45. The Hall–Kier alpha value is -4.08. The molecule has 0 aliphatic rings. The molecule has 4 rings (SSSR count). The van der Waals surface area contributed by atoms with Gasteiger partial charge in [-0.3, -0.25) is 4.79 Å². The highest BCUT2D eigenvalue weighted by atomic mass is 32.2. The first-order chi connectivity index (χ1) is 18.1. The monoisotopic (exact) mass is 576 g/mol. The van der Waals surface area contributed by atoms with Gasteiger partial charge < -0.3 is 4.74 Å². The maximum Gasteiger partial charge on any atom is 0.461 e. The summed E-state index contributed by atoms with van der Waals surface area (Å²) in [5, 5.41) is 6.86. The predicted octanol–water partition coefficient (Wildman–Crippen LogP) is 4.89. The van der Waals surface area contributed by atoms with Gasteiger partial charge >= 0.3 is 18.7 Å². The summed E-state index contributed by atoms with van der Waals surface area (Å²) in [6, 6.07) is 7.57. The quantitative estimate of drug-likeness (QED) is 0.289. The molecule has 0 amide bonds. The minimum atomic E-state index is -4.76. The van der Waals surface area contributed by atoms with Crippen LogP contribution in [0, 0.1) is 0 Å². The number of halogens is 7. The van der Waals surface area contributed by atoms with Gasteiger partial charge in [0.25, 0.3) is 5.56 Å². The van der Waals surface area contributed by atoms with E-state index in [-0.39, 0.29) is 16.6 Å². The Labute approximate surface area is 214 Å². The summed E-state index contributed by atoms with van der Waals surface area (Å²) in [4.78, 5) is 16.5. The Balaban J connectivity index is 1.82. The van der Waals surface area contributed by atoms with Gasteiger partial charge in [0, 0.05) is 11.8 Å². The molecule has 2 heterocycles. The van der Waals surface area contributed by atoms with E-state index in [1.54, 1.807) is 0 Å². The average molecular weight is 576 g/mol. The molecule has 0 fully saturated rings. The second-order valence-electron chi connectivity index (χ2n) is 7.97. The van der Waals surface area contributed by atoms with Crippen LogP contribution in [0.15, 0.2) is 64.4 Å². The van der Waals surface area contributed by atoms with Gasteiger partial charge in [-0.1, -0.05) is 24.3 Å². The van der Waals surface area contributed by atoms with Crippen LogP contribution in [0.3, 0.4) is 0 Å². The van der Waals surface area contributed by atoms with Crippen molar-refractivity contribution in [1.82, 2.24) is 20.0 Å². The molecule has 4 aromatic rings. The van der Waals surface area contributed by atoms with Crippen molar-refractivity contribution >= 4 is 20.7 Å². The van der Waals surface area contributed by atoms with Crippen molar-refractivity contribution in [2.24, 2.45) is 0 Å². The van der Waals surface area contributed by atoms with Crippen molar-refractivity contribution < 1.29 is 43.9 Å². The van der Waals surface area contributed by atoms with Crippen LogP contribution < -0.4 is 10.3 Å². The zero-order chi connectivity index (χ0) is 28.8. The summed E-state index contributed by atoms with van der Waals surface area (Å²) in [7, 11) is -4.13. The normalized spacial score (nSPS) is 12.7. The molecule has 39 heavy (non-hydrogen) atoms. The van der Waals surface area contributed by atoms with Crippen LogP contribution in [0.25, 0.3) is 27.8 Å². The second-order valence-corrected chi connectivity index (χ2v) is 10.2. The number of hydrogen-bond acceptors (Lipinski definition) is 7. The van der Waals surface area contributed by atoms with Crippen molar-refractivity contribution in [1.29, 1.82) is 0 Å². The molecular formula is C23H15F7N4O4S. The van der Waals surface area contributed by atoms with E-state index in [0.29, 0.717) is 16.8 Å². The largest absolute Gasteiger partial charge is 0.461 e. The Bertz CT molecular complexity index is 1710. The van der Waals surface area contributed by atoms with Crippen LogP contribution in [0.2, 0.25) is 0 Å². The van der Waals surface area contributed by atoms with Gasteiger partial charge in [-0.05, 0) is 42.0 Å². The van der Waals surface area contributed by atoms with Crippen LogP contribution in [0.1, 0.15) is 12.5 Å². The first-order valence-electron chi connectivity index (χ1n) is 10.8. The molecule has 8 nitrogen and oxygen atoms in total. The fraction of sp³-hybridized carbons (Fsp3) is 0.217. The molecule has 2 aromatic carbocycles. The number of fused-ring (bicyclic) bond motifs is 1. The fourth-order valence-electron chi connectivity index (χ4n) is 3.41. The molecule has 16 heteroatoms. The minimum absolute atomic E-state index is 0.110. The van der Waals surface area contributed by atoms with Crippen LogP contribution >= 0.6 is 0 Å². The average Bonchev–Trinajstić information content (AvgIpc) is 2.88. The smallest absolute Gasteiger partial charge is 0.428 e. The lowest BCUT2D eigenvalue weighted by molar-refractivity contribution is -0.253. The summed E-state index contributed by atoms with van der Waals surface area (Å²) < 4.78 is 121. The number of pyridine rings is 1. The molecule has 0 unspecified atom stereocenters. The third-order valence-electron chi connectivity index (χ3n) is 5.43. The lowest BCUT2D eigenvalue weighted by Gasteiger charge is -2.17. The molecule has 2 aromatic heterocycles. The van der Waals surface area contributed by atoms with Gasteiger partial charge in [0.2, 0.25) is 0 Å². The van der Waals surface area contributed by atoms with Crippen LogP contribution in [0.4, 0.5) is 30.7 Å². The number of benzene rings is 2. The molecule has 0 aliphatic heterocycles. The van der Waals surface area contributed by atoms with E-state index in [1.807, 2.05) is 0 Å². The lowest BCUT2D eigenvalue weighted by atomic mass is 10.1. The summed E-state index contributed by atoms with van der Waals surface area (Å²) in [5.41, 5.74) is -2.09. The first kappa shape index (κ1) is 27.9. The molecule has 0 saturated carbocycles. The zero-order valence-corrected chi connectivity index (χ0v) is 20.3. The maximum absolute atomic E-state index is 13.2. The second kappa shape index (κ2) is 9.91. The topological polar surface area (TPSA) is 104 Å². The number of alkyl halides is 7. The molecule has 0 bridgehead atoms. The summed E-state index contributed by atoms with van der Waals surface area (Å²) in [5.74, 6) is -1.59. The molecule has 0 spiro atoms. The van der Waals surface area contributed by atoms with Gasteiger partial charge in [-0.2, -0.15) is 35.4 Å². The molecule has 0 aliphatic carbocycles. The van der Waals surface area contributed by atoms with Gasteiger partial charge in [-0.25, -0.2) is 13.4 Å². The Morgan fingerprint density at radius 3 is 2.23 bits per heavy atom. The highest BCUT2D eigenvalue weighted by molar-refractivity contribution is 7.91. The van der Waals surface area contributed by atoms with E-state index in [0.717, 1.165) is 30.5 Å². The highest BCUT2D eigenvalue weighted by Crippen LogP contribution is 2.32. The standard InChI is InChI=1S/C23H15F7N4O4S/c1-2-39(36,37)18-9-13(12-3-6-15(7-4-12)38-23(29,30)21(24)25)11-31-19(18)34-20(35)16-10-14(22(26,27)28)5-8-17(16)32-33-34/h3-11,21H,2H2,1H3. The Kier molecular flexibility index (Phi) is 7.10. The van der Waals surface area contributed by atoms with Crippen molar-refractivity contribution in [3.05, 3.63) is 70.6 Å². The number of rotatable bonds is 7. The predicted molar refractivity (Wildman–Crippen MR) is 123 cm³/mol. The molecule has 0 atom stereocenters. The van der Waals surface area contributed by atoms with E-state index in [2.05, 4.69) is 20.0 Å². The van der Waals surface area contributed by atoms with Gasteiger partial charge in [0.1, 0.15) is 16.2 Å². The summed E-state index contributed by atoms with van der Waals surface area (Å²) in [6.45, 7) is 1.30. The van der Waals surface area contributed by atoms with E-state index in [4.69, 9.17) is 0 Å². The minimum Gasteiger partial charge on any atom is -0.428 e. The van der Waals surface area contributed by atoms with Crippen LogP contribution in [-0.2, 0) is 16.0 Å². The number of ether oxygens (including phenoxy) is 1. The third-order valence-corrected chi connectivity index (χ3v) is 7.16. The lowest BCUT2D eigenvalue weighted by Crippen LogP contribution is -2.33. The molecule has 0 N–H and O–H groups in total. The highest BCUT2D eigenvalue weighted by Gasteiger charge is 2.44. The van der Waals surface area contributed by atoms with E-state index in [9.17, 15) is 43.9 Å². The van der Waals surface area contributed by atoms with Crippen LogP contribution in [0.5, 0.6) is 5.75 Å². The van der Waals surface area contributed by atoms with Crippen LogP contribution in [-0.4, -0.2) is 46.7 Å². The number of nitrogens with zero attached hydrogens (tertiary/aromatic N) is 4. The van der Waals surface area contributed by atoms with Gasteiger partial charge in [0.05, 0.1) is 16.7 Å². The molecule has 0 saturated heterocycles. The number of sulfone groups is 1. The van der Waals surface area contributed by atoms with Crippen molar-refractivity contribution in [3.63, 3.8) is 0 Å².